The minimum atomic E-state index is -0.0590. The third kappa shape index (κ3) is 5.09. The number of hydrogen-bond donors (Lipinski definition) is 2. The Morgan fingerprint density at radius 1 is 1.28 bits per heavy atom. The first kappa shape index (κ1) is 15.0. The summed E-state index contributed by atoms with van der Waals surface area (Å²) in [5.41, 5.74) is 9.88. The smallest absolute Gasteiger partial charge is 0.0372 e. The van der Waals surface area contributed by atoms with Gasteiger partial charge in [0.1, 0.15) is 0 Å². The maximum absolute atomic E-state index is 5.98. The summed E-state index contributed by atoms with van der Waals surface area (Å²) in [7, 11) is 0. The molecule has 0 atom stereocenters. The molecule has 2 heteroatoms. The summed E-state index contributed by atoms with van der Waals surface area (Å²) in [6.07, 6.45) is 2.15. The minimum Gasteiger partial charge on any atom is -0.385 e. The van der Waals surface area contributed by atoms with E-state index in [1.165, 1.54) is 16.8 Å². The molecule has 0 unspecified atom stereocenters. The molecule has 0 saturated carbocycles. The second kappa shape index (κ2) is 6.24. The summed E-state index contributed by atoms with van der Waals surface area (Å²) in [6, 6.07) is 6.69. The number of benzene rings is 1. The zero-order valence-electron chi connectivity index (χ0n) is 12.5. The zero-order chi connectivity index (χ0) is 13.8. The Balaban J connectivity index is 2.54. The van der Waals surface area contributed by atoms with E-state index in [1.807, 2.05) is 0 Å². The number of hydrogen-bond acceptors (Lipinski definition) is 2. The third-order valence-corrected chi connectivity index (χ3v) is 3.24. The van der Waals surface area contributed by atoms with Gasteiger partial charge < -0.3 is 11.1 Å². The highest BCUT2D eigenvalue weighted by Crippen LogP contribution is 2.22. The highest BCUT2D eigenvalue weighted by molar-refractivity contribution is 5.53. The van der Waals surface area contributed by atoms with Gasteiger partial charge in [0.05, 0.1) is 0 Å². The summed E-state index contributed by atoms with van der Waals surface area (Å²) < 4.78 is 0. The van der Waals surface area contributed by atoms with Crippen LogP contribution in [-0.4, -0.2) is 12.1 Å². The fraction of sp³-hybridized carbons (Fsp3) is 0.625. The van der Waals surface area contributed by atoms with Gasteiger partial charge in [-0.25, -0.2) is 0 Å². The van der Waals surface area contributed by atoms with Gasteiger partial charge in [0.2, 0.25) is 0 Å². The van der Waals surface area contributed by atoms with Crippen molar-refractivity contribution >= 4 is 5.69 Å². The zero-order valence-corrected chi connectivity index (χ0v) is 12.5. The molecule has 0 aliphatic heterocycles. The van der Waals surface area contributed by atoms with Gasteiger partial charge in [0.15, 0.2) is 0 Å². The lowest BCUT2D eigenvalue weighted by Gasteiger charge is -2.19. The SMILES string of the molecule is Cc1ccc(C(C)C)cc1NCCCC(C)(C)N. The monoisotopic (exact) mass is 248 g/mol. The summed E-state index contributed by atoms with van der Waals surface area (Å²) in [5, 5.41) is 3.53. The molecule has 0 aliphatic carbocycles. The first-order valence-electron chi connectivity index (χ1n) is 6.93. The number of nitrogens with two attached hydrogens (primary N) is 1. The number of anilines is 1. The van der Waals surface area contributed by atoms with E-state index in [1.54, 1.807) is 0 Å². The first-order valence-corrected chi connectivity index (χ1v) is 6.93. The Kier molecular flexibility index (Phi) is 5.21. The van der Waals surface area contributed by atoms with Crippen molar-refractivity contribution in [2.75, 3.05) is 11.9 Å². The Labute approximate surface area is 112 Å². The minimum absolute atomic E-state index is 0.0590. The Bertz CT molecular complexity index is 375. The molecule has 0 aliphatic rings. The highest BCUT2D eigenvalue weighted by Gasteiger charge is 2.09. The number of aryl methyl sites for hydroxylation is 1. The molecule has 0 aromatic heterocycles. The van der Waals surface area contributed by atoms with Crippen molar-refractivity contribution in [3.63, 3.8) is 0 Å². The van der Waals surface area contributed by atoms with Crippen LogP contribution in [0.2, 0.25) is 0 Å². The molecule has 0 amide bonds. The van der Waals surface area contributed by atoms with Crippen molar-refractivity contribution in [3.05, 3.63) is 29.3 Å². The Morgan fingerprint density at radius 3 is 2.50 bits per heavy atom. The third-order valence-electron chi connectivity index (χ3n) is 3.24. The second-order valence-corrected chi connectivity index (χ2v) is 6.25. The van der Waals surface area contributed by atoms with Gasteiger partial charge in [-0.05, 0) is 56.7 Å². The molecule has 0 heterocycles. The van der Waals surface area contributed by atoms with Crippen LogP contribution < -0.4 is 11.1 Å². The van der Waals surface area contributed by atoms with Crippen molar-refractivity contribution < 1.29 is 0 Å². The molecule has 2 nitrogen and oxygen atoms in total. The van der Waals surface area contributed by atoms with Gasteiger partial charge in [0.25, 0.3) is 0 Å². The molecule has 0 fully saturated rings. The topological polar surface area (TPSA) is 38.0 Å². The van der Waals surface area contributed by atoms with Gasteiger partial charge in [-0.1, -0.05) is 26.0 Å². The van der Waals surface area contributed by atoms with Crippen LogP contribution in [0.25, 0.3) is 0 Å². The molecule has 0 spiro atoms. The lowest BCUT2D eigenvalue weighted by molar-refractivity contribution is 0.465. The van der Waals surface area contributed by atoms with Crippen LogP contribution in [0.4, 0.5) is 5.69 Å². The molecule has 0 bridgehead atoms. The van der Waals surface area contributed by atoms with Crippen LogP contribution in [0, 0.1) is 6.92 Å². The molecule has 1 aromatic carbocycles. The van der Waals surface area contributed by atoms with Crippen molar-refractivity contribution in [2.24, 2.45) is 5.73 Å². The summed E-state index contributed by atoms with van der Waals surface area (Å²) in [4.78, 5) is 0. The molecule has 0 saturated heterocycles. The van der Waals surface area contributed by atoms with Crippen LogP contribution >= 0.6 is 0 Å². The van der Waals surface area contributed by atoms with Crippen molar-refractivity contribution in [3.8, 4) is 0 Å². The van der Waals surface area contributed by atoms with Crippen molar-refractivity contribution in [2.45, 2.75) is 58.9 Å². The van der Waals surface area contributed by atoms with Crippen molar-refractivity contribution in [1.82, 2.24) is 0 Å². The van der Waals surface area contributed by atoms with Crippen LogP contribution in [0.3, 0.4) is 0 Å². The van der Waals surface area contributed by atoms with E-state index in [9.17, 15) is 0 Å². The Morgan fingerprint density at radius 2 is 1.94 bits per heavy atom. The molecule has 18 heavy (non-hydrogen) atoms. The fourth-order valence-corrected chi connectivity index (χ4v) is 1.96. The standard InChI is InChI=1S/C16H28N2/c1-12(2)14-8-7-13(3)15(11-14)18-10-6-9-16(4,5)17/h7-8,11-12,18H,6,9-10,17H2,1-5H3. The summed E-state index contributed by atoms with van der Waals surface area (Å²) in [6.45, 7) is 11.8. The second-order valence-electron chi connectivity index (χ2n) is 6.25. The normalized spacial score (nSPS) is 11.9. The predicted molar refractivity (Wildman–Crippen MR) is 81.3 cm³/mol. The first-order chi connectivity index (χ1) is 8.29. The quantitative estimate of drug-likeness (QED) is 0.745. The summed E-state index contributed by atoms with van der Waals surface area (Å²) in [5.74, 6) is 0.578. The van der Waals surface area contributed by atoms with E-state index in [0.29, 0.717) is 5.92 Å². The number of nitrogens with one attached hydrogen (secondary N) is 1. The molecule has 1 aromatic rings. The van der Waals surface area contributed by atoms with Crippen LogP contribution in [0.15, 0.2) is 18.2 Å². The maximum atomic E-state index is 5.98. The molecule has 3 N–H and O–H groups in total. The van der Waals surface area contributed by atoms with Gasteiger partial charge in [-0.3, -0.25) is 0 Å². The van der Waals surface area contributed by atoms with Gasteiger partial charge in [0, 0.05) is 17.8 Å². The molecule has 0 radical (unpaired) electrons. The summed E-state index contributed by atoms with van der Waals surface area (Å²) >= 11 is 0. The van der Waals surface area contributed by atoms with Crippen molar-refractivity contribution in [1.29, 1.82) is 0 Å². The van der Waals surface area contributed by atoms with E-state index in [-0.39, 0.29) is 5.54 Å². The van der Waals surface area contributed by atoms with E-state index >= 15 is 0 Å². The average molecular weight is 248 g/mol. The van der Waals surface area contributed by atoms with Gasteiger partial charge in [-0.15, -0.1) is 0 Å². The highest BCUT2D eigenvalue weighted by atomic mass is 14.9. The van der Waals surface area contributed by atoms with E-state index in [2.05, 4.69) is 58.1 Å². The Hall–Kier alpha value is -1.02. The molecular formula is C16H28N2. The molecular weight excluding hydrogens is 220 g/mol. The van der Waals surface area contributed by atoms with Crippen LogP contribution in [0.5, 0.6) is 0 Å². The lowest BCUT2D eigenvalue weighted by atomic mass is 9.99. The number of rotatable bonds is 6. The molecule has 102 valence electrons. The van der Waals surface area contributed by atoms with E-state index in [4.69, 9.17) is 5.73 Å². The molecule has 1 rings (SSSR count). The van der Waals surface area contributed by atoms with Gasteiger partial charge >= 0.3 is 0 Å². The van der Waals surface area contributed by atoms with E-state index < -0.39 is 0 Å². The average Bonchev–Trinajstić information content (AvgIpc) is 2.24. The fourth-order valence-electron chi connectivity index (χ4n) is 1.96. The predicted octanol–water partition coefficient (Wildman–Crippen LogP) is 4.05. The largest absolute Gasteiger partial charge is 0.385 e. The van der Waals surface area contributed by atoms with Crippen LogP contribution in [0.1, 0.15) is 57.6 Å². The van der Waals surface area contributed by atoms with Crippen LogP contribution in [-0.2, 0) is 0 Å². The maximum Gasteiger partial charge on any atom is 0.0372 e. The van der Waals surface area contributed by atoms with Gasteiger partial charge in [-0.2, -0.15) is 0 Å². The van der Waals surface area contributed by atoms with E-state index in [0.717, 1.165) is 19.4 Å². The lowest BCUT2D eigenvalue weighted by Crippen LogP contribution is -2.32.